The van der Waals surface area contributed by atoms with Gasteiger partial charge in [0.25, 0.3) is 0 Å². The predicted molar refractivity (Wildman–Crippen MR) is 69.9 cm³/mol. The van der Waals surface area contributed by atoms with Gasteiger partial charge in [-0.25, -0.2) is 0 Å². The van der Waals surface area contributed by atoms with Crippen LogP contribution in [0.1, 0.15) is 30.4 Å². The molecule has 2 heteroatoms. The number of allylic oxidation sites excluding steroid dienone is 2. The topological polar surface area (TPSA) is 21.3 Å². The molecule has 0 saturated carbocycles. The Labute approximate surface area is 103 Å². The highest BCUT2D eigenvalue weighted by Gasteiger charge is 2.12. The number of rotatable bonds is 3. The summed E-state index contributed by atoms with van der Waals surface area (Å²) in [6.07, 6.45) is 8.39. The number of anilines is 1. The molecule has 1 unspecified atom stereocenters. The fourth-order valence-electron chi connectivity index (χ4n) is 2.59. The van der Waals surface area contributed by atoms with Crippen molar-refractivity contribution >= 4 is 5.69 Å². The first-order valence-electron chi connectivity index (χ1n) is 6.50. The number of nitrogens with one attached hydrogen (secondary N) is 1. The summed E-state index contributed by atoms with van der Waals surface area (Å²) in [7, 11) is 0. The summed E-state index contributed by atoms with van der Waals surface area (Å²) in [6, 6.07) is 6.60. The minimum atomic E-state index is 0.775. The first-order valence-corrected chi connectivity index (χ1v) is 6.50. The van der Waals surface area contributed by atoms with Crippen LogP contribution in [0.15, 0.2) is 30.4 Å². The molecule has 2 aliphatic rings. The molecule has 1 aromatic carbocycles. The number of hydrogen-bond donors (Lipinski definition) is 1. The van der Waals surface area contributed by atoms with E-state index < -0.39 is 0 Å². The SMILES string of the molecule is C1=CCC(CNc2ccc3c(c2)COC3)CC1. The molecule has 0 radical (unpaired) electrons. The Bertz CT molecular complexity index is 425. The summed E-state index contributed by atoms with van der Waals surface area (Å²) < 4.78 is 5.43. The van der Waals surface area contributed by atoms with Gasteiger partial charge in [0.2, 0.25) is 0 Å². The van der Waals surface area contributed by atoms with Crippen molar-refractivity contribution in [1.82, 2.24) is 0 Å². The number of hydrogen-bond acceptors (Lipinski definition) is 2. The first-order chi connectivity index (χ1) is 8.42. The highest BCUT2D eigenvalue weighted by Crippen LogP contribution is 2.24. The molecule has 1 aromatic rings. The normalized spacial score (nSPS) is 22.5. The van der Waals surface area contributed by atoms with Crippen molar-refractivity contribution in [2.45, 2.75) is 32.5 Å². The molecule has 3 rings (SSSR count). The van der Waals surface area contributed by atoms with Crippen molar-refractivity contribution in [1.29, 1.82) is 0 Å². The van der Waals surface area contributed by atoms with Crippen LogP contribution in [0.2, 0.25) is 0 Å². The molecular formula is C15H19NO. The second-order valence-electron chi connectivity index (χ2n) is 5.01. The van der Waals surface area contributed by atoms with Crippen molar-refractivity contribution in [3.05, 3.63) is 41.5 Å². The van der Waals surface area contributed by atoms with Crippen LogP contribution in [0.3, 0.4) is 0 Å². The van der Waals surface area contributed by atoms with E-state index in [0.717, 1.165) is 25.7 Å². The maximum Gasteiger partial charge on any atom is 0.0725 e. The lowest BCUT2D eigenvalue weighted by Crippen LogP contribution is -2.15. The van der Waals surface area contributed by atoms with Gasteiger partial charge in [-0.2, -0.15) is 0 Å². The van der Waals surface area contributed by atoms with Gasteiger partial charge in [0, 0.05) is 12.2 Å². The van der Waals surface area contributed by atoms with Crippen LogP contribution in [-0.4, -0.2) is 6.54 Å². The second kappa shape index (κ2) is 4.92. The molecule has 0 saturated heterocycles. The molecule has 2 nitrogen and oxygen atoms in total. The highest BCUT2D eigenvalue weighted by molar-refractivity contribution is 5.49. The van der Waals surface area contributed by atoms with Crippen molar-refractivity contribution < 1.29 is 4.74 Å². The summed E-state index contributed by atoms with van der Waals surface area (Å²) in [6.45, 7) is 2.64. The van der Waals surface area contributed by atoms with Gasteiger partial charge >= 0.3 is 0 Å². The Morgan fingerprint density at radius 2 is 2.12 bits per heavy atom. The van der Waals surface area contributed by atoms with E-state index in [0.29, 0.717) is 0 Å². The van der Waals surface area contributed by atoms with Crippen LogP contribution < -0.4 is 5.32 Å². The lowest BCUT2D eigenvalue weighted by Gasteiger charge is -2.19. The van der Waals surface area contributed by atoms with Crippen molar-refractivity contribution in [2.24, 2.45) is 5.92 Å². The zero-order chi connectivity index (χ0) is 11.5. The Balaban J connectivity index is 1.59. The maximum atomic E-state index is 5.43. The van der Waals surface area contributed by atoms with Crippen molar-refractivity contribution in [3.63, 3.8) is 0 Å². The van der Waals surface area contributed by atoms with Gasteiger partial charge in [0.15, 0.2) is 0 Å². The average Bonchev–Trinajstić information content (AvgIpc) is 2.85. The molecule has 0 fully saturated rings. The standard InChI is InChI=1S/C15H19NO/c1-2-4-12(5-3-1)9-16-15-7-6-13-10-17-11-14(13)8-15/h1-2,6-8,12,16H,3-5,9-11H2. The minimum Gasteiger partial charge on any atom is -0.385 e. The monoisotopic (exact) mass is 229 g/mol. The Morgan fingerprint density at radius 3 is 3.00 bits per heavy atom. The van der Waals surface area contributed by atoms with Crippen molar-refractivity contribution in [3.8, 4) is 0 Å². The fourth-order valence-corrected chi connectivity index (χ4v) is 2.59. The first kappa shape index (κ1) is 10.8. The molecular weight excluding hydrogens is 210 g/mol. The molecule has 1 heterocycles. The Hall–Kier alpha value is -1.28. The molecule has 0 bridgehead atoms. The zero-order valence-corrected chi connectivity index (χ0v) is 10.1. The number of fused-ring (bicyclic) bond motifs is 1. The van der Waals surface area contributed by atoms with Crippen LogP contribution in [0.25, 0.3) is 0 Å². The lowest BCUT2D eigenvalue weighted by atomic mass is 9.94. The lowest BCUT2D eigenvalue weighted by molar-refractivity contribution is 0.134. The third-order valence-corrected chi connectivity index (χ3v) is 3.69. The van der Waals surface area contributed by atoms with E-state index in [4.69, 9.17) is 4.74 Å². The van der Waals surface area contributed by atoms with E-state index in [2.05, 4.69) is 35.7 Å². The molecule has 1 aliphatic carbocycles. The van der Waals surface area contributed by atoms with Gasteiger partial charge in [0.05, 0.1) is 13.2 Å². The Kier molecular flexibility index (Phi) is 3.14. The van der Waals surface area contributed by atoms with Gasteiger partial charge in [-0.1, -0.05) is 18.2 Å². The molecule has 0 amide bonds. The number of ether oxygens (including phenoxy) is 1. The molecule has 1 N–H and O–H groups in total. The molecule has 90 valence electrons. The molecule has 1 atom stereocenters. The molecule has 17 heavy (non-hydrogen) atoms. The third kappa shape index (κ3) is 2.52. The largest absolute Gasteiger partial charge is 0.385 e. The van der Waals surface area contributed by atoms with E-state index >= 15 is 0 Å². The molecule has 0 aromatic heterocycles. The molecule has 1 aliphatic heterocycles. The summed E-state index contributed by atoms with van der Waals surface area (Å²) in [5, 5.41) is 3.55. The van der Waals surface area contributed by atoms with E-state index in [-0.39, 0.29) is 0 Å². The van der Waals surface area contributed by atoms with Gasteiger partial charge in [-0.05, 0) is 48.4 Å². The third-order valence-electron chi connectivity index (χ3n) is 3.69. The van der Waals surface area contributed by atoms with E-state index in [1.54, 1.807) is 0 Å². The summed E-state index contributed by atoms with van der Waals surface area (Å²) in [4.78, 5) is 0. The summed E-state index contributed by atoms with van der Waals surface area (Å²) in [5.74, 6) is 0.796. The van der Waals surface area contributed by atoms with Crippen LogP contribution >= 0.6 is 0 Å². The van der Waals surface area contributed by atoms with Gasteiger partial charge < -0.3 is 10.1 Å². The zero-order valence-electron chi connectivity index (χ0n) is 10.1. The van der Waals surface area contributed by atoms with E-state index in [1.165, 1.54) is 36.1 Å². The quantitative estimate of drug-likeness (QED) is 0.801. The summed E-state index contributed by atoms with van der Waals surface area (Å²) in [5.41, 5.74) is 3.93. The second-order valence-corrected chi connectivity index (χ2v) is 5.01. The van der Waals surface area contributed by atoms with Gasteiger partial charge in [-0.15, -0.1) is 0 Å². The maximum absolute atomic E-state index is 5.43. The highest BCUT2D eigenvalue weighted by atomic mass is 16.5. The molecule has 0 spiro atoms. The smallest absolute Gasteiger partial charge is 0.0725 e. The number of benzene rings is 1. The van der Waals surface area contributed by atoms with Crippen LogP contribution in [0, 0.1) is 5.92 Å². The van der Waals surface area contributed by atoms with E-state index in [1.807, 2.05) is 0 Å². The van der Waals surface area contributed by atoms with Crippen molar-refractivity contribution in [2.75, 3.05) is 11.9 Å². The summed E-state index contributed by atoms with van der Waals surface area (Å²) >= 11 is 0. The van der Waals surface area contributed by atoms with Crippen LogP contribution in [-0.2, 0) is 18.0 Å². The van der Waals surface area contributed by atoms with E-state index in [9.17, 15) is 0 Å². The Morgan fingerprint density at radius 1 is 1.18 bits per heavy atom. The van der Waals surface area contributed by atoms with Crippen LogP contribution in [0.4, 0.5) is 5.69 Å². The average molecular weight is 229 g/mol. The van der Waals surface area contributed by atoms with Gasteiger partial charge in [0.1, 0.15) is 0 Å². The van der Waals surface area contributed by atoms with Crippen LogP contribution in [0.5, 0.6) is 0 Å². The fraction of sp³-hybridized carbons (Fsp3) is 0.467. The predicted octanol–water partition coefficient (Wildman–Crippen LogP) is 3.49. The minimum absolute atomic E-state index is 0.775. The van der Waals surface area contributed by atoms with Gasteiger partial charge in [-0.3, -0.25) is 0 Å².